The van der Waals surface area contributed by atoms with Gasteiger partial charge in [-0.25, -0.2) is 9.78 Å². The number of nitrogens with zero attached hydrogens (tertiary/aromatic N) is 5. The minimum atomic E-state index is -0.00784. The van der Waals surface area contributed by atoms with Crippen LogP contribution in [0.2, 0.25) is 0 Å². The molecule has 1 aromatic carbocycles. The van der Waals surface area contributed by atoms with Gasteiger partial charge in [-0.3, -0.25) is 4.68 Å². The number of nitrogens with one attached hydrogen (secondary N) is 1. The van der Waals surface area contributed by atoms with Crippen LogP contribution in [0.4, 0.5) is 10.5 Å². The van der Waals surface area contributed by atoms with Crippen molar-refractivity contribution in [2.75, 3.05) is 18.4 Å². The molecule has 7 heteroatoms. The highest BCUT2D eigenvalue weighted by Gasteiger charge is 2.44. The predicted octanol–water partition coefficient (Wildman–Crippen LogP) is 3.56. The molecule has 1 spiro atoms. The quantitative estimate of drug-likeness (QED) is 0.727. The maximum absolute atomic E-state index is 12.7. The average Bonchev–Trinajstić information content (AvgIpc) is 3.42. The monoisotopic (exact) mass is 390 g/mol. The zero-order valence-electron chi connectivity index (χ0n) is 16.9. The van der Waals surface area contributed by atoms with Crippen molar-refractivity contribution in [2.24, 2.45) is 7.05 Å². The number of carbonyl (C=O) groups is 1. The molecule has 1 fully saturated rings. The largest absolute Gasteiger partial charge is 0.327 e. The smallest absolute Gasteiger partial charge is 0.321 e. The Kier molecular flexibility index (Phi) is 4.19. The number of aromatic nitrogens is 4. The number of piperidine rings is 1. The topological polar surface area (TPSA) is 68.0 Å². The minimum Gasteiger partial charge on any atom is -0.327 e. The molecule has 0 radical (unpaired) electrons. The van der Waals surface area contributed by atoms with E-state index in [1.54, 1.807) is 0 Å². The number of imidazole rings is 1. The molecular formula is C22H26N6O. The lowest BCUT2D eigenvalue weighted by Gasteiger charge is -2.38. The van der Waals surface area contributed by atoms with Crippen molar-refractivity contribution in [3.8, 4) is 11.3 Å². The van der Waals surface area contributed by atoms with E-state index in [0.29, 0.717) is 0 Å². The van der Waals surface area contributed by atoms with E-state index in [2.05, 4.69) is 15.0 Å². The fourth-order valence-electron chi connectivity index (χ4n) is 4.77. The molecule has 7 nitrogen and oxygen atoms in total. The van der Waals surface area contributed by atoms with E-state index in [1.165, 1.54) is 5.82 Å². The summed E-state index contributed by atoms with van der Waals surface area (Å²) >= 11 is 0. The lowest BCUT2D eigenvalue weighted by molar-refractivity contribution is 0.166. The Balaban J connectivity index is 1.30. The lowest BCUT2D eigenvalue weighted by atomic mass is 9.77. The van der Waals surface area contributed by atoms with Crippen LogP contribution >= 0.6 is 0 Å². The molecule has 150 valence electrons. The number of fused-ring (bicyclic) bond motifs is 2. The van der Waals surface area contributed by atoms with Gasteiger partial charge in [-0.2, -0.15) is 5.10 Å². The van der Waals surface area contributed by atoms with Crippen LogP contribution in [-0.2, 0) is 19.0 Å². The van der Waals surface area contributed by atoms with Gasteiger partial charge in [0, 0.05) is 49.5 Å². The zero-order chi connectivity index (χ0) is 20.0. The van der Waals surface area contributed by atoms with Crippen LogP contribution in [0.1, 0.15) is 30.7 Å². The third-order valence-corrected chi connectivity index (χ3v) is 6.54. The van der Waals surface area contributed by atoms with Gasteiger partial charge in [0.2, 0.25) is 0 Å². The first-order chi connectivity index (χ1) is 14.1. The summed E-state index contributed by atoms with van der Waals surface area (Å²) in [4.78, 5) is 19.5. The average molecular weight is 390 g/mol. The highest BCUT2D eigenvalue weighted by atomic mass is 16.2. The summed E-state index contributed by atoms with van der Waals surface area (Å²) in [7, 11) is 1.93. The van der Waals surface area contributed by atoms with Gasteiger partial charge < -0.3 is 14.8 Å². The van der Waals surface area contributed by atoms with Crippen molar-refractivity contribution in [3.63, 3.8) is 0 Å². The molecule has 0 unspecified atom stereocenters. The van der Waals surface area contributed by atoms with Crippen molar-refractivity contribution >= 4 is 11.7 Å². The van der Waals surface area contributed by atoms with E-state index in [1.807, 2.05) is 66.4 Å². The number of likely N-dealkylation sites (tertiary alicyclic amines) is 1. The summed E-state index contributed by atoms with van der Waals surface area (Å²) in [5.41, 5.74) is 4.30. The number of urea groups is 1. The van der Waals surface area contributed by atoms with E-state index in [0.717, 1.165) is 61.4 Å². The Morgan fingerprint density at radius 2 is 1.86 bits per heavy atom. The number of aryl methyl sites for hydroxylation is 2. The van der Waals surface area contributed by atoms with E-state index in [4.69, 9.17) is 4.98 Å². The molecule has 0 saturated carbocycles. The van der Waals surface area contributed by atoms with Gasteiger partial charge in [-0.05, 0) is 37.8 Å². The number of anilines is 1. The number of carbonyl (C=O) groups excluding carboxylic acids is 1. The van der Waals surface area contributed by atoms with E-state index in [9.17, 15) is 4.79 Å². The first-order valence-electron chi connectivity index (χ1n) is 10.2. The summed E-state index contributed by atoms with van der Waals surface area (Å²) in [5, 5.41) is 7.36. The molecule has 1 N–H and O–H groups in total. The van der Waals surface area contributed by atoms with Gasteiger partial charge in [-0.15, -0.1) is 0 Å². The number of rotatable bonds is 2. The molecule has 4 heterocycles. The highest BCUT2D eigenvalue weighted by molar-refractivity contribution is 5.90. The third kappa shape index (κ3) is 3.01. The van der Waals surface area contributed by atoms with Crippen molar-refractivity contribution in [2.45, 2.75) is 38.1 Å². The Hall–Kier alpha value is -3.09. The van der Waals surface area contributed by atoms with Gasteiger partial charge in [0.1, 0.15) is 5.82 Å². The predicted molar refractivity (Wildman–Crippen MR) is 112 cm³/mol. The number of benzene rings is 1. The second-order valence-electron chi connectivity index (χ2n) is 8.28. The molecule has 2 aliphatic heterocycles. The standard InChI is InChI=1S/C22H26N6O/c1-16-5-3-4-6-18(16)25-21(29)27-10-7-22(8-11-27)9-12-28-19(14-23-20(22)28)17-13-24-26(2)15-17/h3-6,13-15H,7-12H2,1-2H3,(H,25,29). The zero-order valence-corrected chi connectivity index (χ0v) is 16.9. The molecule has 29 heavy (non-hydrogen) atoms. The molecule has 0 aliphatic carbocycles. The number of hydrogen-bond donors (Lipinski definition) is 1. The molecule has 3 aromatic rings. The number of hydrogen-bond acceptors (Lipinski definition) is 3. The fourth-order valence-corrected chi connectivity index (χ4v) is 4.77. The third-order valence-electron chi connectivity index (χ3n) is 6.54. The van der Waals surface area contributed by atoms with Crippen LogP contribution in [0.5, 0.6) is 0 Å². The van der Waals surface area contributed by atoms with Crippen LogP contribution in [0.3, 0.4) is 0 Å². The first-order valence-corrected chi connectivity index (χ1v) is 10.2. The fraction of sp³-hybridized carbons (Fsp3) is 0.409. The lowest BCUT2D eigenvalue weighted by Crippen LogP contribution is -2.46. The summed E-state index contributed by atoms with van der Waals surface area (Å²) in [6.07, 6.45) is 8.91. The van der Waals surface area contributed by atoms with Gasteiger partial charge in [0.15, 0.2) is 0 Å². The Morgan fingerprint density at radius 1 is 1.10 bits per heavy atom. The van der Waals surface area contributed by atoms with Crippen LogP contribution in [0.25, 0.3) is 11.3 Å². The SMILES string of the molecule is Cc1ccccc1NC(=O)N1CCC2(CC1)CCn1c(-c3cnn(C)c3)cnc12. The maximum Gasteiger partial charge on any atom is 0.321 e. The van der Waals surface area contributed by atoms with E-state index < -0.39 is 0 Å². The van der Waals surface area contributed by atoms with Crippen molar-refractivity contribution in [3.05, 3.63) is 54.2 Å². The van der Waals surface area contributed by atoms with Crippen molar-refractivity contribution in [1.29, 1.82) is 0 Å². The molecule has 5 rings (SSSR count). The Labute approximate surface area is 170 Å². The molecular weight excluding hydrogens is 364 g/mol. The van der Waals surface area contributed by atoms with Gasteiger partial charge >= 0.3 is 6.03 Å². The first kappa shape index (κ1) is 18.0. The van der Waals surface area contributed by atoms with Gasteiger partial charge in [0.25, 0.3) is 0 Å². The van der Waals surface area contributed by atoms with Crippen molar-refractivity contribution < 1.29 is 4.79 Å². The van der Waals surface area contributed by atoms with Crippen LogP contribution in [-0.4, -0.2) is 43.4 Å². The Morgan fingerprint density at radius 3 is 2.59 bits per heavy atom. The van der Waals surface area contributed by atoms with Crippen LogP contribution < -0.4 is 5.32 Å². The van der Waals surface area contributed by atoms with E-state index >= 15 is 0 Å². The van der Waals surface area contributed by atoms with E-state index in [-0.39, 0.29) is 11.4 Å². The molecule has 0 bridgehead atoms. The van der Waals surface area contributed by atoms with Gasteiger partial charge in [0.05, 0.1) is 18.1 Å². The summed E-state index contributed by atoms with van der Waals surface area (Å²) < 4.78 is 4.17. The summed E-state index contributed by atoms with van der Waals surface area (Å²) in [5.74, 6) is 1.18. The molecule has 2 amide bonds. The number of para-hydroxylation sites is 1. The Bertz CT molecular complexity index is 1060. The molecule has 2 aromatic heterocycles. The minimum absolute atomic E-state index is 0.00784. The summed E-state index contributed by atoms with van der Waals surface area (Å²) in [6, 6.07) is 7.89. The molecule has 2 aliphatic rings. The highest BCUT2D eigenvalue weighted by Crippen LogP contribution is 2.44. The second-order valence-corrected chi connectivity index (χ2v) is 8.28. The second kappa shape index (κ2) is 6.76. The summed E-state index contributed by atoms with van der Waals surface area (Å²) in [6.45, 7) is 4.51. The number of amides is 2. The van der Waals surface area contributed by atoms with Crippen molar-refractivity contribution in [1.82, 2.24) is 24.2 Å². The maximum atomic E-state index is 12.7. The van der Waals surface area contributed by atoms with Gasteiger partial charge in [-0.1, -0.05) is 18.2 Å². The normalized spacial score (nSPS) is 17.5. The van der Waals surface area contributed by atoms with Crippen LogP contribution in [0, 0.1) is 6.92 Å². The molecule has 0 atom stereocenters. The van der Waals surface area contributed by atoms with Crippen LogP contribution in [0.15, 0.2) is 42.9 Å². The molecule has 1 saturated heterocycles.